The van der Waals surface area contributed by atoms with E-state index in [-0.39, 0.29) is 12.6 Å². The van der Waals surface area contributed by atoms with Gasteiger partial charge in [0.25, 0.3) is 0 Å². The molecule has 1 atom stereocenters. The van der Waals surface area contributed by atoms with Crippen LogP contribution in [-0.2, 0) is 0 Å². The summed E-state index contributed by atoms with van der Waals surface area (Å²) in [5.74, 6) is 2.46. The van der Waals surface area contributed by atoms with Crippen LogP contribution in [-0.4, -0.2) is 42.8 Å². The summed E-state index contributed by atoms with van der Waals surface area (Å²) in [4.78, 5) is 1.13. The van der Waals surface area contributed by atoms with E-state index in [1.54, 1.807) is 11.8 Å². The van der Waals surface area contributed by atoms with E-state index in [4.69, 9.17) is 9.47 Å². The van der Waals surface area contributed by atoms with E-state index in [1.165, 1.54) is 0 Å². The molecule has 0 aromatic heterocycles. The number of rotatable bonds is 6. The molecule has 0 amide bonds. The van der Waals surface area contributed by atoms with Crippen LogP contribution in [0.1, 0.15) is 13.8 Å². The maximum absolute atomic E-state index is 9.32. The van der Waals surface area contributed by atoms with Crippen LogP contribution in [0, 0.1) is 0 Å². The lowest BCUT2D eigenvalue weighted by molar-refractivity contribution is 0.171. The highest BCUT2D eigenvalue weighted by molar-refractivity contribution is 7.99. The Balaban J connectivity index is 1.92. The van der Waals surface area contributed by atoms with E-state index >= 15 is 0 Å². The Morgan fingerprint density at radius 1 is 1.26 bits per heavy atom. The fourth-order valence-corrected chi connectivity index (χ4v) is 2.89. The van der Waals surface area contributed by atoms with E-state index in [2.05, 4.69) is 19.2 Å². The number of thioether (sulfide) groups is 1. The normalized spacial score (nSPS) is 15.6. The maximum atomic E-state index is 9.32. The first kappa shape index (κ1) is 14.5. The fraction of sp³-hybridized carbons (Fsp3) is 0.571. The van der Waals surface area contributed by atoms with Crippen molar-refractivity contribution in [1.82, 2.24) is 5.32 Å². The predicted octanol–water partition coefficient (Wildman–Crippen LogP) is 1.91. The third kappa shape index (κ3) is 4.30. The molecule has 19 heavy (non-hydrogen) atoms. The zero-order valence-electron chi connectivity index (χ0n) is 11.4. The first-order valence-corrected chi connectivity index (χ1v) is 7.57. The Morgan fingerprint density at radius 2 is 2.00 bits per heavy atom. The molecule has 1 unspecified atom stereocenters. The van der Waals surface area contributed by atoms with Crippen molar-refractivity contribution in [2.24, 2.45) is 0 Å². The Bertz CT molecular complexity index is 412. The summed E-state index contributed by atoms with van der Waals surface area (Å²) >= 11 is 1.71. The van der Waals surface area contributed by atoms with Crippen molar-refractivity contribution < 1.29 is 14.6 Å². The quantitative estimate of drug-likeness (QED) is 0.781. The van der Waals surface area contributed by atoms with E-state index in [0.717, 1.165) is 22.1 Å². The number of aliphatic hydroxyl groups is 1. The molecule has 0 bridgehead atoms. The highest BCUT2D eigenvalue weighted by atomic mass is 32.2. The number of ether oxygens (including phenoxy) is 2. The lowest BCUT2D eigenvalue weighted by Crippen LogP contribution is -2.39. The summed E-state index contributed by atoms with van der Waals surface area (Å²) in [6, 6.07) is 6.46. The molecule has 0 aliphatic carbocycles. The standard InChI is InChI=1S/C14H21NO3S/c1-10(2)15-11(8-16)9-19-12-3-4-13-14(7-12)18-6-5-17-13/h3-4,7,10-11,15-16H,5-6,8-9H2,1-2H3. The number of aliphatic hydroxyl groups excluding tert-OH is 1. The van der Waals surface area contributed by atoms with Gasteiger partial charge in [-0.2, -0.15) is 0 Å². The van der Waals surface area contributed by atoms with Gasteiger partial charge in [-0.25, -0.2) is 0 Å². The van der Waals surface area contributed by atoms with Crippen LogP contribution < -0.4 is 14.8 Å². The summed E-state index contributed by atoms with van der Waals surface area (Å²) in [6.45, 7) is 5.53. The predicted molar refractivity (Wildman–Crippen MR) is 77.3 cm³/mol. The molecule has 0 radical (unpaired) electrons. The molecule has 1 aliphatic heterocycles. The van der Waals surface area contributed by atoms with Crippen LogP contribution >= 0.6 is 11.8 Å². The second-order valence-corrected chi connectivity index (χ2v) is 5.91. The van der Waals surface area contributed by atoms with Gasteiger partial charge in [0.05, 0.1) is 6.61 Å². The van der Waals surface area contributed by atoms with Gasteiger partial charge in [-0.3, -0.25) is 0 Å². The molecular weight excluding hydrogens is 262 g/mol. The summed E-state index contributed by atoms with van der Waals surface area (Å²) in [5, 5.41) is 12.7. The minimum Gasteiger partial charge on any atom is -0.486 e. The largest absolute Gasteiger partial charge is 0.486 e. The molecule has 0 fully saturated rings. The van der Waals surface area contributed by atoms with Gasteiger partial charge in [-0.1, -0.05) is 13.8 Å². The van der Waals surface area contributed by atoms with E-state index in [9.17, 15) is 5.11 Å². The minimum absolute atomic E-state index is 0.109. The van der Waals surface area contributed by atoms with Crippen LogP contribution in [0.5, 0.6) is 11.5 Å². The Labute approximate surface area is 118 Å². The molecule has 0 saturated heterocycles. The van der Waals surface area contributed by atoms with Gasteiger partial charge in [0.15, 0.2) is 11.5 Å². The molecule has 1 aliphatic rings. The monoisotopic (exact) mass is 283 g/mol. The number of nitrogens with one attached hydrogen (secondary N) is 1. The molecule has 0 saturated carbocycles. The Morgan fingerprint density at radius 3 is 2.68 bits per heavy atom. The first-order chi connectivity index (χ1) is 9.19. The second-order valence-electron chi connectivity index (χ2n) is 4.82. The number of fused-ring (bicyclic) bond motifs is 1. The lowest BCUT2D eigenvalue weighted by Gasteiger charge is -2.20. The van der Waals surface area contributed by atoms with Crippen molar-refractivity contribution in [1.29, 1.82) is 0 Å². The number of hydrogen-bond donors (Lipinski definition) is 2. The molecule has 1 aromatic carbocycles. The van der Waals surface area contributed by atoms with E-state index < -0.39 is 0 Å². The third-order valence-electron chi connectivity index (χ3n) is 2.75. The SMILES string of the molecule is CC(C)NC(CO)CSc1ccc2c(c1)OCCO2. The average Bonchev–Trinajstić information content (AvgIpc) is 2.42. The molecule has 1 heterocycles. The van der Waals surface area contributed by atoms with Crippen LogP contribution in [0.2, 0.25) is 0 Å². The number of benzene rings is 1. The van der Waals surface area contributed by atoms with Crippen molar-refractivity contribution in [3.63, 3.8) is 0 Å². The smallest absolute Gasteiger partial charge is 0.162 e. The number of hydrogen-bond acceptors (Lipinski definition) is 5. The van der Waals surface area contributed by atoms with Crippen LogP contribution in [0.25, 0.3) is 0 Å². The first-order valence-electron chi connectivity index (χ1n) is 6.58. The van der Waals surface area contributed by atoms with Crippen molar-refractivity contribution in [3.8, 4) is 11.5 Å². The molecule has 5 heteroatoms. The van der Waals surface area contributed by atoms with Gasteiger partial charge in [0.2, 0.25) is 0 Å². The van der Waals surface area contributed by atoms with E-state index in [0.29, 0.717) is 19.3 Å². The van der Waals surface area contributed by atoms with Gasteiger partial charge < -0.3 is 19.9 Å². The van der Waals surface area contributed by atoms with Crippen LogP contribution in [0.3, 0.4) is 0 Å². The highest BCUT2D eigenvalue weighted by Crippen LogP contribution is 2.34. The molecule has 2 N–H and O–H groups in total. The van der Waals surface area contributed by atoms with Gasteiger partial charge >= 0.3 is 0 Å². The van der Waals surface area contributed by atoms with Gasteiger partial charge in [-0.15, -0.1) is 11.8 Å². The van der Waals surface area contributed by atoms with Crippen molar-refractivity contribution >= 4 is 11.8 Å². The highest BCUT2D eigenvalue weighted by Gasteiger charge is 2.13. The van der Waals surface area contributed by atoms with Crippen molar-refractivity contribution in [2.45, 2.75) is 30.8 Å². The molecular formula is C14H21NO3S. The van der Waals surface area contributed by atoms with E-state index in [1.807, 2.05) is 18.2 Å². The minimum atomic E-state index is 0.109. The molecule has 0 spiro atoms. The Kier molecular flexibility index (Phi) is 5.36. The maximum Gasteiger partial charge on any atom is 0.162 e. The zero-order chi connectivity index (χ0) is 13.7. The van der Waals surface area contributed by atoms with Crippen LogP contribution in [0.4, 0.5) is 0 Å². The van der Waals surface area contributed by atoms with Crippen LogP contribution in [0.15, 0.2) is 23.1 Å². The van der Waals surface area contributed by atoms with Gasteiger partial charge in [-0.05, 0) is 18.2 Å². The molecule has 1 aromatic rings. The third-order valence-corrected chi connectivity index (χ3v) is 3.91. The van der Waals surface area contributed by atoms with Gasteiger partial charge in [0, 0.05) is 22.7 Å². The Hall–Kier alpha value is -0.910. The van der Waals surface area contributed by atoms with Gasteiger partial charge in [0.1, 0.15) is 13.2 Å². The molecule has 2 rings (SSSR count). The summed E-state index contributed by atoms with van der Waals surface area (Å²) in [5.41, 5.74) is 0. The second kappa shape index (κ2) is 7.03. The topological polar surface area (TPSA) is 50.7 Å². The molecule has 106 valence electrons. The summed E-state index contributed by atoms with van der Waals surface area (Å²) in [7, 11) is 0. The average molecular weight is 283 g/mol. The fourth-order valence-electron chi connectivity index (χ4n) is 1.94. The van der Waals surface area contributed by atoms with Crippen molar-refractivity contribution in [2.75, 3.05) is 25.6 Å². The lowest BCUT2D eigenvalue weighted by atomic mass is 10.3. The summed E-state index contributed by atoms with van der Waals surface area (Å²) in [6.07, 6.45) is 0. The molecule has 4 nitrogen and oxygen atoms in total. The summed E-state index contributed by atoms with van der Waals surface area (Å²) < 4.78 is 11.0. The zero-order valence-corrected chi connectivity index (χ0v) is 12.2. The van der Waals surface area contributed by atoms with Crippen molar-refractivity contribution in [3.05, 3.63) is 18.2 Å².